The molecule has 32 heavy (non-hydrogen) atoms. The number of alkyl halides is 3. The van der Waals surface area contributed by atoms with Gasteiger partial charge in [-0.3, -0.25) is 0 Å². The number of halogens is 4. The number of rotatable bonds is 5. The average Bonchev–Trinajstić information content (AvgIpc) is 2.79. The van der Waals surface area contributed by atoms with Crippen molar-refractivity contribution in [1.29, 1.82) is 0 Å². The summed E-state index contributed by atoms with van der Waals surface area (Å²) in [7, 11) is 3.04. The Morgan fingerprint density at radius 1 is 0.906 bits per heavy atom. The predicted octanol–water partition coefficient (Wildman–Crippen LogP) is 5.47. The summed E-state index contributed by atoms with van der Waals surface area (Å²) in [6.07, 6.45) is -3.84. The summed E-state index contributed by atoms with van der Waals surface area (Å²) in [5.41, 5.74) is 2.41. The Balaban J connectivity index is 1.94. The van der Waals surface area contributed by atoms with Gasteiger partial charge in [0.05, 0.1) is 30.9 Å². The molecule has 0 saturated carbocycles. The van der Waals surface area contributed by atoms with Crippen LogP contribution < -0.4 is 9.47 Å². The second-order valence-electron chi connectivity index (χ2n) is 7.55. The van der Waals surface area contributed by atoms with Crippen molar-refractivity contribution < 1.29 is 31.6 Å². The van der Waals surface area contributed by atoms with Gasteiger partial charge < -0.3 is 9.47 Å². The lowest BCUT2D eigenvalue weighted by atomic mass is 9.90. The van der Waals surface area contributed by atoms with Crippen LogP contribution in [0.15, 0.2) is 60.7 Å². The van der Waals surface area contributed by atoms with E-state index in [0.29, 0.717) is 41.3 Å². The van der Waals surface area contributed by atoms with Crippen LogP contribution in [-0.2, 0) is 19.1 Å². The van der Waals surface area contributed by atoms with Gasteiger partial charge in [-0.2, -0.15) is 13.2 Å². The molecule has 0 aromatic heterocycles. The van der Waals surface area contributed by atoms with Crippen molar-refractivity contribution in [1.82, 2.24) is 0 Å². The van der Waals surface area contributed by atoms with Crippen LogP contribution in [0.25, 0.3) is 0 Å². The third-order valence-corrected chi connectivity index (χ3v) is 5.61. The lowest BCUT2D eigenvalue weighted by molar-refractivity contribution is -0.544. The molecule has 1 heterocycles. The SMILES string of the molecule is COc1cc2c(cc1OC)C(c1cccc(C(F)(F)F)c1)=[N+](Cc1ccccc1F)CC2. The fraction of sp³-hybridized carbons (Fsp3) is 0.240. The highest BCUT2D eigenvalue weighted by molar-refractivity contribution is 6.11. The maximum atomic E-state index is 14.4. The van der Waals surface area contributed by atoms with Crippen LogP contribution in [0.2, 0.25) is 0 Å². The first-order chi connectivity index (χ1) is 15.3. The summed E-state index contributed by atoms with van der Waals surface area (Å²) in [5, 5.41) is 0. The number of benzene rings is 3. The van der Waals surface area contributed by atoms with Crippen LogP contribution in [0.4, 0.5) is 17.6 Å². The van der Waals surface area contributed by atoms with E-state index in [9.17, 15) is 17.6 Å². The zero-order valence-electron chi connectivity index (χ0n) is 17.7. The number of methoxy groups -OCH3 is 2. The summed E-state index contributed by atoms with van der Waals surface area (Å²) >= 11 is 0. The fourth-order valence-corrected chi connectivity index (χ4v) is 4.06. The molecule has 0 radical (unpaired) electrons. The Morgan fingerprint density at radius 2 is 1.62 bits per heavy atom. The van der Waals surface area contributed by atoms with E-state index in [0.717, 1.165) is 23.3 Å². The van der Waals surface area contributed by atoms with E-state index >= 15 is 0 Å². The van der Waals surface area contributed by atoms with Crippen LogP contribution in [-0.4, -0.2) is 31.1 Å². The van der Waals surface area contributed by atoms with Crippen molar-refractivity contribution in [2.45, 2.75) is 19.1 Å². The van der Waals surface area contributed by atoms with Crippen molar-refractivity contribution in [3.63, 3.8) is 0 Å². The zero-order chi connectivity index (χ0) is 22.9. The first kappa shape index (κ1) is 21.9. The van der Waals surface area contributed by atoms with Gasteiger partial charge >= 0.3 is 6.18 Å². The van der Waals surface area contributed by atoms with Gasteiger partial charge in [-0.1, -0.05) is 18.2 Å². The van der Waals surface area contributed by atoms with E-state index in [2.05, 4.69) is 0 Å². The lowest BCUT2D eigenvalue weighted by Crippen LogP contribution is -2.31. The number of hydrogen-bond acceptors (Lipinski definition) is 2. The van der Waals surface area contributed by atoms with Gasteiger partial charge in [-0.05, 0) is 48.0 Å². The molecule has 0 fully saturated rings. The van der Waals surface area contributed by atoms with Crippen molar-refractivity contribution in [2.24, 2.45) is 0 Å². The second-order valence-corrected chi connectivity index (χ2v) is 7.55. The number of ether oxygens (including phenoxy) is 2. The van der Waals surface area contributed by atoms with E-state index in [1.165, 1.54) is 26.4 Å². The summed E-state index contributed by atoms with van der Waals surface area (Å²) in [5.74, 6) is 0.676. The van der Waals surface area contributed by atoms with Crippen LogP contribution in [0, 0.1) is 5.82 Å². The Morgan fingerprint density at radius 3 is 2.31 bits per heavy atom. The highest BCUT2D eigenvalue weighted by atomic mass is 19.4. The molecular formula is C25H22F4NO2+. The smallest absolute Gasteiger partial charge is 0.416 e. The van der Waals surface area contributed by atoms with Crippen molar-refractivity contribution in [3.8, 4) is 11.5 Å². The van der Waals surface area contributed by atoms with Crippen molar-refractivity contribution in [2.75, 3.05) is 20.8 Å². The van der Waals surface area contributed by atoms with Crippen LogP contribution in [0.3, 0.4) is 0 Å². The van der Waals surface area contributed by atoms with Gasteiger partial charge in [-0.25, -0.2) is 8.97 Å². The normalized spacial score (nSPS) is 13.7. The number of fused-ring (bicyclic) bond motifs is 1. The van der Waals surface area contributed by atoms with E-state index < -0.39 is 11.7 Å². The topological polar surface area (TPSA) is 21.5 Å². The molecule has 1 aliphatic heterocycles. The molecule has 1 aliphatic rings. The highest BCUT2D eigenvalue weighted by Gasteiger charge is 2.34. The minimum absolute atomic E-state index is 0.228. The maximum Gasteiger partial charge on any atom is 0.416 e. The third kappa shape index (κ3) is 4.20. The van der Waals surface area contributed by atoms with Gasteiger partial charge in [0.2, 0.25) is 5.71 Å². The quantitative estimate of drug-likeness (QED) is 0.385. The first-order valence-electron chi connectivity index (χ1n) is 10.1. The highest BCUT2D eigenvalue weighted by Crippen LogP contribution is 2.35. The van der Waals surface area contributed by atoms with E-state index in [-0.39, 0.29) is 12.4 Å². The summed E-state index contributed by atoms with van der Waals surface area (Å²) < 4.78 is 67.5. The Kier molecular flexibility index (Phi) is 5.91. The van der Waals surface area contributed by atoms with Gasteiger partial charge in [0, 0.05) is 12.0 Å². The largest absolute Gasteiger partial charge is 0.493 e. The van der Waals surface area contributed by atoms with Crippen LogP contribution >= 0.6 is 0 Å². The Hall–Kier alpha value is -3.35. The Bertz CT molecular complexity index is 1180. The lowest BCUT2D eigenvalue weighted by Gasteiger charge is -2.21. The Labute approximate surface area is 183 Å². The van der Waals surface area contributed by atoms with Crippen molar-refractivity contribution >= 4 is 5.71 Å². The summed E-state index contributed by atoms with van der Waals surface area (Å²) in [6.45, 7) is 0.744. The molecule has 0 spiro atoms. The third-order valence-electron chi connectivity index (χ3n) is 5.61. The average molecular weight is 444 g/mol. The number of nitrogens with zero attached hydrogens (tertiary/aromatic N) is 1. The molecule has 0 atom stereocenters. The molecule has 0 unspecified atom stereocenters. The zero-order valence-corrected chi connectivity index (χ0v) is 17.7. The molecule has 0 N–H and O–H groups in total. The molecule has 3 aromatic carbocycles. The minimum atomic E-state index is -4.47. The molecule has 0 bridgehead atoms. The molecule has 0 saturated heterocycles. The van der Waals surface area contributed by atoms with Gasteiger partial charge in [0.15, 0.2) is 18.0 Å². The summed E-state index contributed by atoms with van der Waals surface area (Å²) in [6, 6.07) is 15.3. The standard InChI is InChI=1S/C25H22F4NO2/c1-31-22-13-16-10-11-30(15-18-6-3-4-9-21(18)26)24(20(16)14-23(22)32-2)17-7-5-8-19(12-17)25(27,28)29/h3-9,12-14H,10-11,15H2,1-2H3/q+1. The first-order valence-corrected chi connectivity index (χ1v) is 10.1. The minimum Gasteiger partial charge on any atom is -0.493 e. The van der Waals surface area contributed by atoms with Crippen LogP contribution in [0.1, 0.15) is 27.8 Å². The molecule has 0 amide bonds. The molecule has 7 heteroatoms. The van der Waals surface area contributed by atoms with Gasteiger partial charge in [0.1, 0.15) is 12.4 Å². The van der Waals surface area contributed by atoms with Crippen LogP contribution in [0.5, 0.6) is 11.5 Å². The molecular weight excluding hydrogens is 422 g/mol. The van der Waals surface area contributed by atoms with E-state index in [4.69, 9.17) is 9.47 Å². The summed E-state index contributed by atoms with van der Waals surface area (Å²) in [4.78, 5) is 0. The van der Waals surface area contributed by atoms with Crippen molar-refractivity contribution in [3.05, 3.63) is 94.3 Å². The van der Waals surface area contributed by atoms with Gasteiger partial charge in [0.25, 0.3) is 0 Å². The molecule has 0 aliphatic carbocycles. The second kappa shape index (κ2) is 8.65. The van der Waals surface area contributed by atoms with Gasteiger partial charge in [-0.15, -0.1) is 0 Å². The monoisotopic (exact) mass is 444 g/mol. The van der Waals surface area contributed by atoms with E-state index in [1.54, 1.807) is 30.3 Å². The molecule has 3 aromatic rings. The number of hydrogen-bond donors (Lipinski definition) is 0. The fourth-order valence-electron chi connectivity index (χ4n) is 4.06. The molecule has 3 nitrogen and oxygen atoms in total. The predicted molar refractivity (Wildman–Crippen MR) is 113 cm³/mol. The molecule has 4 rings (SSSR count). The maximum absolute atomic E-state index is 14.4. The van der Waals surface area contributed by atoms with E-state index in [1.807, 2.05) is 10.6 Å². The molecule has 166 valence electrons.